The van der Waals surface area contributed by atoms with E-state index in [0.717, 1.165) is 11.1 Å². The molecule has 128 valence electrons. The zero-order valence-electron chi connectivity index (χ0n) is 13.7. The van der Waals surface area contributed by atoms with Crippen LogP contribution >= 0.6 is 0 Å². The third-order valence-electron chi connectivity index (χ3n) is 4.02. The summed E-state index contributed by atoms with van der Waals surface area (Å²) in [6.07, 6.45) is 0.0840. The Morgan fingerprint density at radius 1 is 0.840 bits per heavy atom. The Labute approximate surface area is 145 Å². The molecule has 1 atom stereocenters. The second-order valence-electron chi connectivity index (χ2n) is 5.86. The van der Waals surface area contributed by atoms with Crippen LogP contribution in [0.15, 0.2) is 72.8 Å². The lowest BCUT2D eigenvalue weighted by Crippen LogP contribution is -2.15. The molecule has 3 rings (SSSR count). The monoisotopic (exact) mass is 339 g/mol. The minimum Gasteiger partial charge on any atom is -0.489 e. The molecule has 0 aliphatic rings. The number of ether oxygens (including phenoxy) is 1. The minimum absolute atomic E-state index is 0.00519. The standard InChI is InChI=1S/C21H19F2NO/c22-19-10-5-11-20(23)18(19)13-21(24)16-8-4-9-17(12-16)25-14-15-6-2-1-3-7-15/h1-12,21H,13-14,24H2. The van der Waals surface area contributed by atoms with Crippen LogP contribution in [0, 0.1) is 11.6 Å². The van der Waals surface area contributed by atoms with Gasteiger partial charge in [0, 0.05) is 11.6 Å². The van der Waals surface area contributed by atoms with E-state index in [1.165, 1.54) is 18.2 Å². The predicted octanol–water partition coefficient (Wildman–Crippen LogP) is 4.79. The Kier molecular flexibility index (Phi) is 5.41. The molecule has 0 spiro atoms. The Bertz CT molecular complexity index is 816. The van der Waals surface area contributed by atoms with Crippen molar-refractivity contribution >= 4 is 0 Å². The van der Waals surface area contributed by atoms with Crippen molar-refractivity contribution < 1.29 is 13.5 Å². The average Bonchev–Trinajstić information content (AvgIpc) is 2.64. The van der Waals surface area contributed by atoms with Gasteiger partial charge in [-0.15, -0.1) is 0 Å². The van der Waals surface area contributed by atoms with Crippen molar-refractivity contribution in [3.8, 4) is 5.75 Å². The van der Waals surface area contributed by atoms with Crippen LogP contribution in [0.5, 0.6) is 5.75 Å². The molecule has 3 aromatic carbocycles. The van der Waals surface area contributed by atoms with E-state index in [2.05, 4.69) is 0 Å². The predicted molar refractivity (Wildman–Crippen MR) is 94.2 cm³/mol. The van der Waals surface area contributed by atoms with E-state index in [-0.39, 0.29) is 12.0 Å². The number of nitrogens with two attached hydrogens (primary N) is 1. The SMILES string of the molecule is NC(Cc1c(F)cccc1F)c1cccc(OCc2ccccc2)c1. The fourth-order valence-electron chi connectivity index (χ4n) is 2.64. The highest BCUT2D eigenvalue weighted by atomic mass is 19.1. The molecule has 2 N–H and O–H groups in total. The lowest BCUT2D eigenvalue weighted by molar-refractivity contribution is 0.305. The van der Waals surface area contributed by atoms with Gasteiger partial charge < -0.3 is 10.5 Å². The maximum atomic E-state index is 13.8. The van der Waals surface area contributed by atoms with E-state index in [4.69, 9.17) is 10.5 Å². The van der Waals surface area contributed by atoms with Crippen molar-refractivity contribution in [3.63, 3.8) is 0 Å². The first-order chi connectivity index (χ1) is 12.1. The molecule has 0 bridgehead atoms. The van der Waals surface area contributed by atoms with Gasteiger partial charge in [0.05, 0.1) is 0 Å². The van der Waals surface area contributed by atoms with Gasteiger partial charge in [-0.2, -0.15) is 0 Å². The summed E-state index contributed by atoms with van der Waals surface area (Å²) in [6.45, 7) is 0.446. The first-order valence-electron chi connectivity index (χ1n) is 8.08. The van der Waals surface area contributed by atoms with Gasteiger partial charge in [0.15, 0.2) is 0 Å². The Hall–Kier alpha value is -2.72. The smallest absolute Gasteiger partial charge is 0.129 e. The van der Waals surface area contributed by atoms with E-state index in [0.29, 0.717) is 12.4 Å². The molecule has 2 nitrogen and oxygen atoms in total. The highest BCUT2D eigenvalue weighted by Crippen LogP contribution is 2.24. The van der Waals surface area contributed by atoms with Gasteiger partial charge in [-0.05, 0) is 41.8 Å². The average molecular weight is 339 g/mol. The van der Waals surface area contributed by atoms with Crippen LogP contribution in [-0.2, 0) is 13.0 Å². The molecule has 1 unspecified atom stereocenters. The molecule has 0 saturated carbocycles. The van der Waals surface area contributed by atoms with E-state index >= 15 is 0 Å². The van der Waals surface area contributed by atoms with Crippen molar-refractivity contribution in [2.24, 2.45) is 5.73 Å². The summed E-state index contributed by atoms with van der Waals surface area (Å²) >= 11 is 0. The number of rotatable bonds is 6. The fraction of sp³-hybridized carbons (Fsp3) is 0.143. The largest absolute Gasteiger partial charge is 0.489 e. The molecule has 0 fully saturated rings. The lowest BCUT2D eigenvalue weighted by atomic mass is 9.99. The summed E-state index contributed by atoms with van der Waals surface area (Å²) in [7, 11) is 0. The molecule has 0 radical (unpaired) electrons. The Balaban J connectivity index is 1.70. The van der Waals surface area contributed by atoms with Gasteiger partial charge in [0.2, 0.25) is 0 Å². The maximum Gasteiger partial charge on any atom is 0.129 e. The van der Waals surface area contributed by atoms with E-state index in [9.17, 15) is 8.78 Å². The van der Waals surface area contributed by atoms with Gasteiger partial charge in [-0.1, -0.05) is 48.5 Å². The first kappa shape index (κ1) is 17.1. The summed E-state index contributed by atoms with van der Waals surface area (Å²) in [5.41, 5.74) is 7.99. The van der Waals surface area contributed by atoms with Crippen molar-refractivity contribution in [1.82, 2.24) is 0 Å². The maximum absolute atomic E-state index is 13.8. The van der Waals surface area contributed by atoms with Crippen LogP contribution in [-0.4, -0.2) is 0 Å². The fourth-order valence-corrected chi connectivity index (χ4v) is 2.64. The van der Waals surface area contributed by atoms with Crippen molar-refractivity contribution in [2.45, 2.75) is 19.1 Å². The summed E-state index contributed by atoms with van der Waals surface area (Å²) in [4.78, 5) is 0. The zero-order valence-corrected chi connectivity index (χ0v) is 13.7. The molecule has 4 heteroatoms. The molecular weight excluding hydrogens is 320 g/mol. The molecule has 0 aliphatic heterocycles. The van der Waals surface area contributed by atoms with Crippen LogP contribution in [0.4, 0.5) is 8.78 Å². The molecule has 0 amide bonds. The van der Waals surface area contributed by atoms with Crippen molar-refractivity contribution in [2.75, 3.05) is 0 Å². The molecule has 0 aromatic heterocycles. The number of hydrogen-bond donors (Lipinski definition) is 1. The van der Waals surface area contributed by atoms with Crippen molar-refractivity contribution in [1.29, 1.82) is 0 Å². The van der Waals surface area contributed by atoms with E-state index < -0.39 is 17.7 Å². The first-order valence-corrected chi connectivity index (χ1v) is 8.08. The van der Waals surface area contributed by atoms with Crippen LogP contribution in [0.25, 0.3) is 0 Å². The molecule has 0 saturated heterocycles. The summed E-state index contributed by atoms with van der Waals surface area (Å²) < 4.78 is 33.4. The van der Waals surface area contributed by atoms with Crippen LogP contribution in [0.2, 0.25) is 0 Å². The molecular formula is C21H19F2NO. The summed E-state index contributed by atoms with van der Waals surface area (Å²) in [5.74, 6) is -0.482. The second-order valence-corrected chi connectivity index (χ2v) is 5.86. The Morgan fingerprint density at radius 2 is 1.52 bits per heavy atom. The highest BCUT2D eigenvalue weighted by molar-refractivity contribution is 5.32. The normalized spacial score (nSPS) is 12.0. The molecule has 0 heterocycles. The van der Waals surface area contributed by atoms with Crippen molar-refractivity contribution in [3.05, 3.63) is 101 Å². The molecule has 3 aromatic rings. The third kappa shape index (κ3) is 4.43. The Morgan fingerprint density at radius 3 is 2.24 bits per heavy atom. The van der Waals surface area contributed by atoms with Gasteiger partial charge in [0.25, 0.3) is 0 Å². The zero-order chi connectivity index (χ0) is 17.6. The topological polar surface area (TPSA) is 35.2 Å². The molecule has 0 aliphatic carbocycles. The van der Waals surface area contributed by atoms with Crippen LogP contribution < -0.4 is 10.5 Å². The molecule has 25 heavy (non-hydrogen) atoms. The number of halogens is 2. The minimum atomic E-state index is -0.577. The summed E-state index contributed by atoms with van der Waals surface area (Å²) in [6, 6.07) is 20.4. The van der Waals surface area contributed by atoms with Gasteiger partial charge in [0.1, 0.15) is 24.0 Å². The van der Waals surface area contributed by atoms with Gasteiger partial charge >= 0.3 is 0 Å². The third-order valence-corrected chi connectivity index (χ3v) is 4.02. The van der Waals surface area contributed by atoms with E-state index in [1.54, 1.807) is 0 Å². The van der Waals surface area contributed by atoms with Gasteiger partial charge in [-0.25, -0.2) is 8.78 Å². The highest BCUT2D eigenvalue weighted by Gasteiger charge is 2.14. The van der Waals surface area contributed by atoms with Crippen LogP contribution in [0.1, 0.15) is 22.7 Å². The van der Waals surface area contributed by atoms with Gasteiger partial charge in [-0.3, -0.25) is 0 Å². The number of hydrogen-bond acceptors (Lipinski definition) is 2. The summed E-state index contributed by atoms with van der Waals surface area (Å²) in [5, 5.41) is 0. The van der Waals surface area contributed by atoms with E-state index in [1.807, 2.05) is 54.6 Å². The lowest BCUT2D eigenvalue weighted by Gasteiger charge is -2.15. The number of benzene rings is 3. The van der Waals surface area contributed by atoms with Crippen LogP contribution in [0.3, 0.4) is 0 Å². The quantitative estimate of drug-likeness (QED) is 0.701. The second kappa shape index (κ2) is 7.90.